The Kier molecular flexibility index (Phi) is 6.21. The van der Waals surface area contributed by atoms with Crippen molar-refractivity contribution in [1.82, 2.24) is 0 Å². The van der Waals surface area contributed by atoms with E-state index in [4.69, 9.17) is 0 Å². The predicted octanol–water partition coefficient (Wildman–Crippen LogP) is 3.07. The first-order valence-corrected chi connectivity index (χ1v) is 4.96. The van der Waals surface area contributed by atoms with Crippen molar-refractivity contribution in [3.63, 3.8) is 0 Å². The molecule has 1 unspecified atom stereocenters. The molecule has 0 bridgehead atoms. The first-order valence-electron chi connectivity index (χ1n) is 4.96. The van der Waals surface area contributed by atoms with Crippen molar-refractivity contribution in [2.45, 2.75) is 52.6 Å². The van der Waals surface area contributed by atoms with Gasteiger partial charge in [-0.15, -0.1) is 0 Å². The summed E-state index contributed by atoms with van der Waals surface area (Å²) in [5.41, 5.74) is 0. The van der Waals surface area contributed by atoms with E-state index in [0.29, 0.717) is 6.42 Å². The predicted molar refractivity (Wildman–Crippen MR) is 49.9 cm³/mol. The number of hydrogen-bond acceptors (Lipinski definition) is 1. The van der Waals surface area contributed by atoms with Crippen molar-refractivity contribution in [3.8, 4) is 0 Å². The van der Waals surface area contributed by atoms with E-state index in [1.807, 2.05) is 20.8 Å². The molecule has 80 valence electrons. The number of unbranched alkanes of at least 4 members (excludes halogenated alkanes) is 1. The van der Waals surface area contributed by atoms with E-state index in [-0.39, 0.29) is 11.8 Å². The van der Waals surface area contributed by atoms with Crippen LogP contribution in [-0.2, 0) is 0 Å². The molecule has 0 aromatic carbocycles. The van der Waals surface area contributed by atoms with Crippen molar-refractivity contribution < 1.29 is 13.9 Å². The van der Waals surface area contributed by atoms with Crippen LogP contribution in [0.25, 0.3) is 0 Å². The molecule has 0 aromatic rings. The molecule has 0 aliphatic carbocycles. The highest BCUT2D eigenvalue weighted by molar-refractivity contribution is 4.73. The van der Waals surface area contributed by atoms with Crippen LogP contribution in [0.5, 0.6) is 0 Å². The minimum atomic E-state index is -2.61. The zero-order chi connectivity index (χ0) is 10.4. The largest absolute Gasteiger partial charge is 0.387 e. The molecule has 0 saturated heterocycles. The molecule has 0 radical (unpaired) electrons. The summed E-state index contributed by atoms with van der Waals surface area (Å²) in [6.07, 6.45) is -1.47. The lowest BCUT2D eigenvalue weighted by Gasteiger charge is -2.25. The fraction of sp³-hybridized carbons (Fsp3) is 1.00. The van der Waals surface area contributed by atoms with E-state index in [9.17, 15) is 13.9 Å². The molecule has 0 saturated carbocycles. The third kappa shape index (κ3) is 4.55. The Hall–Kier alpha value is -0.180. The highest BCUT2D eigenvalue weighted by Gasteiger charge is 2.29. The smallest absolute Gasteiger partial charge is 0.264 e. The van der Waals surface area contributed by atoms with Gasteiger partial charge in [0.1, 0.15) is 6.10 Å². The van der Waals surface area contributed by atoms with E-state index in [1.165, 1.54) is 0 Å². The van der Waals surface area contributed by atoms with Crippen LogP contribution in [-0.4, -0.2) is 17.6 Å². The number of aliphatic hydroxyl groups excluding tert-OH is 1. The molecule has 1 N–H and O–H groups in total. The van der Waals surface area contributed by atoms with Gasteiger partial charge in [0.25, 0.3) is 6.43 Å². The summed E-state index contributed by atoms with van der Waals surface area (Å²) in [5, 5.41) is 9.23. The Morgan fingerprint density at radius 3 is 2.08 bits per heavy atom. The maximum atomic E-state index is 12.2. The van der Waals surface area contributed by atoms with Gasteiger partial charge in [-0.1, -0.05) is 33.6 Å². The van der Waals surface area contributed by atoms with Gasteiger partial charge in [0.2, 0.25) is 0 Å². The molecule has 13 heavy (non-hydrogen) atoms. The molecule has 0 amide bonds. The van der Waals surface area contributed by atoms with Crippen LogP contribution in [0, 0.1) is 11.8 Å². The molecular formula is C10H20F2O. The van der Waals surface area contributed by atoms with Gasteiger partial charge in [-0.25, -0.2) is 8.78 Å². The van der Waals surface area contributed by atoms with Crippen molar-refractivity contribution in [2.24, 2.45) is 11.8 Å². The van der Waals surface area contributed by atoms with Crippen LogP contribution >= 0.6 is 0 Å². The number of aliphatic hydroxyl groups is 1. The monoisotopic (exact) mass is 194 g/mol. The van der Waals surface area contributed by atoms with E-state index in [0.717, 1.165) is 12.8 Å². The van der Waals surface area contributed by atoms with Crippen molar-refractivity contribution >= 4 is 0 Å². The summed E-state index contributed by atoms with van der Waals surface area (Å²) in [7, 11) is 0. The molecule has 2 atom stereocenters. The molecule has 0 heterocycles. The van der Waals surface area contributed by atoms with Gasteiger partial charge in [0.15, 0.2) is 0 Å². The molecule has 1 nitrogen and oxygen atoms in total. The normalized spacial score (nSPS) is 16.6. The van der Waals surface area contributed by atoms with Crippen molar-refractivity contribution in [3.05, 3.63) is 0 Å². The number of alkyl halides is 2. The highest BCUT2D eigenvalue weighted by atomic mass is 19.3. The van der Waals surface area contributed by atoms with Crippen LogP contribution in [0.4, 0.5) is 8.78 Å². The summed E-state index contributed by atoms with van der Waals surface area (Å²) in [6.45, 7) is 5.78. The summed E-state index contributed by atoms with van der Waals surface area (Å²) >= 11 is 0. The van der Waals surface area contributed by atoms with Gasteiger partial charge in [-0.2, -0.15) is 0 Å². The SMILES string of the molecule is CCCCC(C(C)C)[C@H](O)C(F)F. The maximum absolute atomic E-state index is 12.2. The quantitative estimate of drug-likeness (QED) is 0.689. The van der Waals surface area contributed by atoms with Crippen LogP contribution < -0.4 is 0 Å². The number of halogens is 2. The molecule has 0 aliphatic rings. The van der Waals surface area contributed by atoms with Crippen LogP contribution in [0.2, 0.25) is 0 Å². The second kappa shape index (κ2) is 6.30. The third-order valence-electron chi connectivity index (χ3n) is 2.44. The van der Waals surface area contributed by atoms with E-state index >= 15 is 0 Å². The first kappa shape index (κ1) is 12.8. The summed E-state index contributed by atoms with van der Waals surface area (Å²) in [4.78, 5) is 0. The van der Waals surface area contributed by atoms with Gasteiger partial charge < -0.3 is 5.11 Å². The lowest BCUT2D eigenvalue weighted by Crippen LogP contribution is -2.31. The van der Waals surface area contributed by atoms with Crippen LogP contribution in [0.1, 0.15) is 40.0 Å². The van der Waals surface area contributed by atoms with Crippen molar-refractivity contribution in [2.75, 3.05) is 0 Å². The lowest BCUT2D eigenvalue weighted by atomic mass is 9.86. The van der Waals surface area contributed by atoms with Crippen LogP contribution in [0.3, 0.4) is 0 Å². The molecular weight excluding hydrogens is 174 g/mol. The molecule has 0 spiro atoms. The Labute approximate surface area is 79.1 Å². The Bertz CT molecular complexity index is 126. The van der Waals surface area contributed by atoms with Gasteiger partial charge in [-0.05, 0) is 18.3 Å². The molecule has 3 heteroatoms. The Balaban J connectivity index is 4.07. The van der Waals surface area contributed by atoms with E-state index in [2.05, 4.69) is 0 Å². The second-order valence-corrected chi connectivity index (χ2v) is 3.88. The number of rotatable bonds is 6. The average Bonchev–Trinajstić information content (AvgIpc) is 2.04. The molecule has 0 aliphatic heterocycles. The third-order valence-corrected chi connectivity index (χ3v) is 2.44. The maximum Gasteiger partial charge on any atom is 0.264 e. The fourth-order valence-electron chi connectivity index (χ4n) is 1.53. The zero-order valence-corrected chi connectivity index (χ0v) is 8.63. The van der Waals surface area contributed by atoms with Gasteiger partial charge >= 0.3 is 0 Å². The minimum absolute atomic E-state index is 0.121. The van der Waals surface area contributed by atoms with E-state index in [1.54, 1.807) is 0 Å². The standard InChI is InChI=1S/C10H20F2O/c1-4-5-6-8(7(2)3)9(13)10(11)12/h7-10,13H,4-6H2,1-3H3/t8?,9-/m0/s1. The summed E-state index contributed by atoms with van der Waals surface area (Å²) < 4.78 is 24.4. The first-order chi connectivity index (χ1) is 6.00. The molecule has 0 fully saturated rings. The Morgan fingerprint density at radius 1 is 1.23 bits per heavy atom. The molecule has 0 rings (SSSR count). The minimum Gasteiger partial charge on any atom is -0.387 e. The fourth-order valence-corrected chi connectivity index (χ4v) is 1.53. The molecule has 0 aromatic heterocycles. The zero-order valence-electron chi connectivity index (χ0n) is 8.63. The highest BCUT2D eigenvalue weighted by Crippen LogP contribution is 2.25. The van der Waals surface area contributed by atoms with Crippen LogP contribution in [0.15, 0.2) is 0 Å². The van der Waals surface area contributed by atoms with Gasteiger partial charge in [0.05, 0.1) is 0 Å². The topological polar surface area (TPSA) is 20.2 Å². The van der Waals surface area contributed by atoms with Gasteiger partial charge in [0, 0.05) is 0 Å². The van der Waals surface area contributed by atoms with Crippen molar-refractivity contribution in [1.29, 1.82) is 0 Å². The second-order valence-electron chi connectivity index (χ2n) is 3.88. The number of hydrogen-bond donors (Lipinski definition) is 1. The summed E-state index contributed by atoms with van der Waals surface area (Å²) in [5.74, 6) is -0.143. The summed E-state index contributed by atoms with van der Waals surface area (Å²) in [6, 6.07) is 0. The van der Waals surface area contributed by atoms with Gasteiger partial charge in [-0.3, -0.25) is 0 Å². The lowest BCUT2D eigenvalue weighted by molar-refractivity contribution is -0.0529. The van der Waals surface area contributed by atoms with E-state index < -0.39 is 12.5 Å². The average molecular weight is 194 g/mol. The Morgan fingerprint density at radius 2 is 1.77 bits per heavy atom.